The first-order valence-electron chi connectivity index (χ1n) is 9.02. The first kappa shape index (κ1) is 17.9. The van der Waals surface area contributed by atoms with Crippen LogP contribution in [0.2, 0.25) is 0 Å². The summed E-state index contributed by atoms with van der Waals surface area (Å²) in [5.74, 6) is -0.0530. The van der Waals surface area contributed by atoms with Crippen LogP contribution < -0.4 is 5.32 Å². The second kappa shape index (κ2) is 8.00. The van der Waals surface area contributed by atoms with E-state index < -0.39 is 0 Å². The number of nitrogens with zero attached hydrogens (tertiary/aromatic N) is 2. The molecule has 2 aromatic carbocycles. The molecule has 0 aliphatic heterocycles. The molecule has 0 aliphatic rings. The zero-order chi connectivity index (χ0) is 18.5. The number of hydrogen-bond donors (Lipinski definition) is 1. The van der Waals surface area contributed by atoms with E-state index in [1.54, 1.807) is 0 Å². The molecular formula is C22H25N3O. The van der Waals surface area contributed by atoms with E-state index in [-0.39, 0.29) is 11.9 Å². The lowest BCUT2D eigenvalue weighted by atomic mass is 10.1. The molecule has 134 valence electrons. The van der Waals surface area contributed by atoms with Crippen LogP contribution in [0.3, 0.4) is 0 Å². The third-order valence-electron chi connectivity index (χ3n) is 4.61. The fraction of sp³-hybridized carbons (Fsp3) is 0.273. The van der Waals surface area contributed by atoms with Gasteiger partial charge in [0, 0.05) is 6.04 Å². The Balaban J connectivity index is 1.69. The van der Waals surface area contributed by atoms with Crippen molar-refractivity contribution < 1.29 is 4.79 Å². The molecule has 4 heteroatoms. The fourth-order valence-electron chi connectivity index (χ4n) is 3.19. The summed E-state index contributed by atoms with van der Waals surface area (Å²) < 4.78 is 1.83. The average Bonchev–Trinajstić information content (AvgIpc) is 2.96. The van der Waals surface area contributed by atoms with Gasteiger partial charge < -0.3 is 5.32 Å². The van der Waals surface area contributed by atoms with Crippen molar-refractivity contribution in [1.29, 1.82) is 0 Å². The Morgan fingerprint density at radius 2 is 1.65 bits per heavy atom. The zero-order valence-electron chi connectivity index (χ0n) is 15.6. The van der Waals surface area contributed by atoms with E-state index in [0.29, 0.717) is 5.56 Å². The van der Waals surface area contributed by atoms with Crippen LogP contribution in [0.4, 0.5) is 0 Å². The maximum atomic E-state index is 12.8. The summed E-state index contributed by atoms with van der Waals surface area (Å²) >= 11 is 0. The molecule has 4 nitrogen and oxygen atoms in total. The maximum absolute atomic E-state index is 12.8. The van der Waals surface area contributed by atoms with Crippen molar-refractivity contribution >= 4 is 5.91 Å². The molecule has 1 aromatic heterocycles. The molecule has 0 aliphatic carbocycles. The molecular weight excluding hydrogens is 322 g/mol. The monoisotopic (exact) mass is 347 g/mol. The second-order valence-electron chi connectivity index (χ2n) is 6.69. The molecule has 0 radical (unpaired) electrons. The Bertz CT molecular complexity index is 869. The van der Waals surface area contributed by atoms with Gasteiger partial charge in [-0.3, -0.25) is 4.79 Å². The highest BCUT2D eigenvalue weighted by molar-refractivity contribution is 5.96. The van der Waals surface area contributed by atoms with Crippen molar-refractivity contribution in [3.63, 3.8) is 0 Å². The van der Waals surface area contributed by atoms with E-state index >= 15 is 0 Å². The Hall–Kier alpha value is -2.88. The van der Waals surface area contributed by atoms with Gasteiger partial charge in [-0.1, -0.05) is 48.5 Å². The molecule has 26 heavy (non-hydrogen) atoms. The average molecular weight is 347 g/mol. The highest BCUT2D eigenvalue weighted by Gasteiger charge is 2.20. The molecule has 0 spiro atoms. The number of carbonyl (C=O) groups excluding carboxylic acids is 1. The molecule has 0 saturated heterocycles. The van der Waals surface area contributed by atoms with Gasteiger partial charge in [0.1, 0.15) is 0 Å². The van der Waals surface area contributed by atoms with Crippen LogP contribution >= 0.6 is 0 Å². The molecule has 0 fully saturated rings. The molecule has 1 unspecified atom stereocenters. The number of aryl methyl sites for hydroxylation is 2. The molecule has 0 bridgehead atoms. The number of amides is 1. The highest BCUT2D eigenvalue weighted by atomic mass is 16.1. The third-order valence-corrected chi connectivity index (χ3v) is 4.61. The van der Waals surface area contributed by atoms with E-state index in [1.165, 1.54) is 5.56 Å². The predicted octanol–water partition coefficient (Wildman–Crippen LogP) is 4.24. The minimum absolute atomic E-state index is 0.0530. The molecule has 3 rings (SSSR count). The summed E-state index contributed by atoms with van der Waals surface area (Å²) in [4.78, 5) is 12.8. The van der Waals surface area contributed by atoms with E-state index in [4.69, 9.17) is 0 Å². The topological polar surface area (TPSA) is 46.9 Å². The predicted molar refractivity (Wildman–Crippen MR) is 105 cm³/mol. The standard InChI is InChI=1S/C22H25N3O/c1-16(14-15-19-10-6-4-7-11-19)23-22(26)21-17(2)24-25(18(21)3)20-12-8-5-9-13-20/h4-13,16H,14-15H2,1-3H3,(H,23,26). The summed E-state index contributed by atoms with van der Waals surface area (Å²) in [6.45, 7) is 5.87. The molecule has 3 aromatic rings. The smallest absolute Gasteiger partial charge is 0.255 e. The SMILES string of the molecule is Cc1nn(-c2ccccc2)c(C)c1C(=O)NC(C)CCc1ccccc1. The van der Waals surface area contributed by atoms with Crippen molar-refractivity contribution in [2.45, 2.75) is 39.7 Å². The van der Waals surface area contributed by atoms with Gasteiger partial charge in [0.2, 0.25) is 0 Å². The van der Waals surface area contributed by atoms with Gasteiger partial charge in [-0.2, -0.15) is 5.10 Å². The lowest BCUT2D eigenvalue weighted by Crippen LogP contribution is -2.33. The van der Waals surface area contributed by atoms with Gasteiger partial charge in [-0.15, -0.1) is 0 Å². The first-order chi connectivity index (χ1) is 12.6. The summed E-state index contributed by atoms with van der Waals surface area (Å²) in [7, 11) is 0. The Labute approximate surface area is 154 Å². The number of rotatable bonds is 6. The van der Waals surface area contributed by atoms with E-state index in [0.717, 1.165) is 29.9 Å². The van der Waals surface area contributed by atoms with Gasteiger partial charge in [-0.25, -0.2) is 4.68 Å². The molecule has 1 N–H and O–H groups in total. The number of carbonyl (C=O) groups is 1. The number of para-hydroxylation sites is 1. The van der Waals surface area contributed by atoms with Crippen molar-refractivity contribution in [3.8, 4) is 5.69 Å². The number of nitrogens with one attached hydrogen (secondary N) is 1. The largest absolute Gasteiger partial charge is 0.349 e. The van der Waals surface area contributed by atoms with Crippen molar-refractivity contribution in [3.05, 3.63) is 83.2 Å². The third kappa shape index (κ3) is 4.02. The summed E-state index contributed by atoms with van der Waals surface area (Å²) in [6, 6.07) is 20.3. The fourth-order valence-corrected chi connectivity index (χ4v) is 3.19. The number of hydrogen-bond acceptors (Lipinski definition) is 2. The van der Waals surface area contributed by atoms with Gasteiger partial charge >= 0.3 is 0 Å². The van der Waals surface area contributed by atoms with Crippen LogP contribution in [-0.4, -0.2) is 21.7 Å². The van der Waals surface area contributed by atoms with Gasteiger partial charge in [0.25, 0.3) is 5.91 Å². The van der Waals surface area contributed by atoms with E-state index in [1.807, 2.05) is 74.0 Å². The van der Waals surface area contributed by atoms with Crippen molar-refractivity contribution in [1.82, 2.24) is 15.1 Å². The lowest BCUT2D eigenvalue weighted by molar-refractivity contribution is 0.0937. The van der Waals surface area contributed by atoms with Crippen LogP contribution in [0.5, 0.6) is 0 Å². The molecule has 0 saturated carbocycles. The van der Waals surface area contributed by atoms with E-state index in [9.17, 15) is 4.79 Å². The lowest BCUT2D eigenvalue weighted by Gasteiger charge is -2.14. The summed E-state index contributed by atoms with van der Waals surface area (Å²) in [5.41, 5.74) is 4.53. The summed E-state index contributed by atoms with van der Waals surface area (Å²) in [6.07, 6.45) is 1.85. The maximum Gasteiger partial charge on any atom is 0.255 e. The number of benzene rings is 2. The molecule has 1 heterocycles. The van der Waals surface area contributed by atoms with Crippen molar-refractivity contribution in [2.24, 2.45) is 0 Å². The van der Waals surface area contributed by atoms with Crippen LogP contribution in [0.1, 0.15) is 40.7 Å². The van der Waals surface area contributed by atoms with Crippen LogP contribution in [0, 0.1) is 13.8 Å². The van der Waals surface area contributed by atoms with Crippen LogP contribution in [0.15, 0.2) is 60.7 Å². The highest BCUT2D eigenvalue weighted by Crippen LogP contribution is 2.18. The Morgan fingerprint density at radius 3 is 2.31 bits per heavy atom. The molecule has 1 amide bonds. The van der Waals surface area contributed by atoms with Gasteiger partial charge in [0.15, 0.2) is 0 Å². The van der Waals surface area contributed by atoms with Gasteiger partial charge in [0.05, 0.1) is 22.6 Å². The van der Waals surface area contributed by atoms with E-state index in [2.05, 4.69) is 22.5 Å². The quantitative estimate of drug-likeness (QED) is 0.725. The normalized spacial score (nSPS) is 12.0. The second-order valence-corrected chi connectivity index (χ2v) is 6.69. The van der Waals surface area contributed by atoms with Crippen LogP contribution in [0.25, 0.3) is 5.69 Å². The van der Waals surface area contributed by atoms with Crippen molar-refractivity contribution in [2.75, 3.05) is 0 Å². The first-order valence-corrected chi connectivity index (χ1v) is 9.02. The minimum Gasteiger partial charge on any atom is -0.349 e. The van der Waals surface area contributed by atoms with Crippen LogP contribution in [-0.2, 0) is 6.42 Å². The zero-order valence-corrected chi connectivity index (χ0v) is 15.6. The van der Waals surface area contributed by atoms with Gasteiger partial charge in [-0.05, 0) is 51.3 Å². The Kier molecular flexibility index (Phi) is 5.52. The molecule has 1 atom stereocenters. The summed E-state index contributed by atoms with van der Waals surface area (Å²) in [5, 5.41) is 7.68. The minimum atomic E-state index is -0.0530. The number of aromatic nitrogens is 2. The Morgan fingerprint density at radius 1 is 1.04 bits per heavy atom.